The van der Waals surface area contributed by atoms with E-state index in [9.17, 15) is 0 Å². The van der Waals surface area contributed by atoms with Crippen molar-refractivity contribution in [3.63, 3.8) is 0 Å². The van der Waals surface area contributed by atoms with Crippen LogP contribution in [0.3, 0.4) is 0 Å². The van der Waals surface area contributed by atoms with E-state index in [0.717, 1.165) is 32.5 Å². The molecule has 0 amide bonds. The molecule has 0 aromatic heterocycles. The predicted molar refractivity (Wildman–Crippen MR) is 65.0 cm³/mol. The number of hydrogen-bond donors (Lipinski definition) is 1. The molecule has 90 valence electrons. The van der Waals surface area contributed by atoms with E-state index < -0.39 is 0 Å². The van der Waals surface area contributed by atoms with Crippen molar-refractivity contribution >= 4 is 0 Å². The summed E-state index contributed by atoms with van der Waals surface area (Å²) in [5.74, 6) is 0. The SMILES string of the molecule is CCCCCCCC1(N)CCCOCC1. The Bertz CT molecular complexity index is 151. The Morgan fingerprint density at radius 1 is 1.07 bits per heavy atom. The highest BCUT2D eigenvalue weighted by atomic mass is 16.5. The van der Waals surface area contributed by atoms with Crippen LogP contribution in [-0.4, -0.2) is 18.8 Å². The molecular weight excluding hydrogens is 186 g/mol. The maximum Gasteiger partial charge on any atom is 0.0483 e. The molecule has 1 unspecified atom stereocenters. The summed E-state index contributed by atoms with van der Waals surface area (Å²) in [6, 6.07) is 0. The molecule has 1 heterocycles. The number of hydrogen-bond acceptors (Lipinski definition) is 2. The first-order valence-corrected chi connectivity index (χ1v) is 6.63. The largest absolute Gasteiger partial charge is 0.381 e. The molecule has 0 radical (unpaired) electrons. The molecule has 0 aromatic carbocycles. The smallest absolute Gasteiger partial charge is 0.0483 e. The van der Waals surface area contributed by atoms with E-state index in [1.807, 2.05) is 0 Å². The second-order valence-corrected chi connectivity index (χ2v) is 4.99. The molecule has 0 spiro atoms. The van der Waals surface area contributed by atoms with Gasteiger partial charge in [-0.2, -0.15) is 0 Å². The zero-order valence-electron chi connectivity index (χ0n) is 10.3. The van der Waals surface area contributed by atoms with E-state index in [2.05, 4.69) is 6.92 Å². The summed E-state index contributed by atoms with van der Waals surface area (Å²) in [6.45, 7) is 4.04. The Labute approximate surface area is 94.6 Å². The summed E-state index contributed by atoms with van der Waals surface area (Å²) in [6.07, 6.45) is 11.3. The molecule has 0 aromatic rings. The van der Waals surface area contributed by atoms with E-state index in [-0.39, 0.29) is 5.54 Å². The highest BCUT2D eigenvalue weighted by Gasteiger charge is 2.25. The van der Waals surface area contributed by atoms with E-state index in [4.69, 9.17) is 10.5 Å². The summed E-state index contributed by atoms with van der Waals surface area (Å²) < 4.78 is 5.45. The normalized spacial score (nSPS) is 27.6. The molecular formula is C13H27NO. The van der Waals surface area contributed by atoms with Gasteiger partial charge in [0, 0.05) is 18.8 Å². The molecule has 1 rings (SSSR count). The monoisotopic (exact) mass is 213 g/mol. The molecule has 2 N–H and O–H groups in total. The molecule has 0 bridgehead atoms. The molecule has 15 heavy (non-hydrogen) atoms. The molecule has 2 heteroatoms. The summed E-state index contributed by atoms with van der Waals surface area (Å²) in [4.78, 5) is 0. The van der Waals surface area contributed by atoms with Gasteiger partial charge in [-0.05, 0) is 25.7 Å². The van der Waals surface area contributed by atoms with Crippen LogP contribution in [0.1, 0.15) is 64.7 Å². The lowest BCUT2D eigenvalue weighted by Crippen LogP contribution is -2.39. The van der Waals surface area contributed by atoms with Gasteiger partial charge in [0.1, 0.15) is 0 Å². The summed E-state index contributed by atoms with van der Waals surface area (Å²) in [5, 5.41) is 0. The van der Waals surface area contributed by atoms with Gasteiger partial charge in [0.15, 0.2) is 0 Å². The third-order valence-electron chi connectivity index (χ3n) is 3.49. The van der Waals surface area contributed by atoms with Crippen molar-refractivity contribution < 1.29 is 4.74 Å². The first kappa shape index (κ1) is 13.0. The third-order valence-corrected chi connectivity index (χ3v) is 3.49. The molecule has 0 saturated carbocycles. The quantitative estimate of drug-likeness (QED) is 0.687. The van der Waals surface area contributed by atoms with Gasteiger partial charge in [-0.3, -0.25) is 0 Å². The summed E-state index contributed by atoms with van der Waals surface area (Å²) in [5.41, 5.74) is 6.48. The van der Waals surface area contributed by atoms with Crippen molar-refractivity contribution in [2.75, 3.05) is 13.2 Å². The fourth-order valence-corrected chi connectivity index (χ4v) is 2.36. The van der Waals surface area contributed by atoms with Crippen molar-refractivity contribution in [3.05, 3.63) is 0 Å². The Hall–Kier alpha value is -0.0800. The maximum absolute atomic E-state index is 6.39. The lowest BCUT2D eigenvalue weighted by molar-refractivity contribution is 0.138. The lowest BCUT2D eigenvalue weighted by Gasteiger charge is -2.27. The highest BCUT2D eigenvalue weighted by molar-refractivity contribution is 4.85. The molecule has 2 nitrogen and oxygen atoms in total. The van der Waals surface area contributed by atoms with Crippen LogP contribution in [0.5, 0.6) is 0 Å². The number of nitrogens with two attached hydrogens (primary N) is 1. The van der Waals surface area contributed by atoms with Crippen LogP contribution in [0, 0.1) is 0 Å². The number of rotatable bonds is 6. The van der Waals surface area contributed by atoms with Crippen molar-refractivity contribution in [1.29, 1.82) is 0 Å². The Balaban J connectivity index is 2.11. The molecule has 1 aliphatic rings. The first-order valence-electron chi connectivity index (χ1n) is 6.63. The maximum atomic E-state index is 6.39. The van der Waals surface area contributed by atoms with Crippen LogP contribution < -0.4 is 5.73 Å². The Kier molecular flexibility index (Phi) is 6.26. The lowest BCUT2D eigenvalue weighted by atomic mass is 9.86. The van der Waals surface area contributed by atoms with Gasteiger partial charge < -0.3 is 10.5 Å². The van der Waals surface area contributed by atoms with Gasteiger partial charge in [-0.15, -0.1) is 0 Å². The minimum absolute atomic E-state index is 0.0860. The number of unbranched alkanes of at least 4 members (excludes halogenated alkanes) is 4. The van der Waals surface area contributed by atoms with Crippen LogP contribution in [0.4, 0.5) is 0 Å². The van der Waals surface area contributed by atoms with Crippen molar-refractivity contribution in [2.45, 2.75) is 70.3 Å². The third kappa shape index (κ3) is 5.53. The highest BCUT2D eigenvalue weighted by Crippen LogP contribution is 2.24. The molecule has 1 aliphatic heterocycles. The number of ether oxygens (including phenoxy) is 1. The fraction of sp³-hybridized carbons (Fsp3) is 1.00. The van der Waals surface area contributed by atoms with E-state index in [0.29, 0.717) is 0 Å². The zero-order valence-corrected chi connectivity index (χ0v) is 10.3. The topological polar surface area (TPSA) is 35.2 Å². The van der Waals surface area contributed by atoms with Crippen molar-refractivity contribution in [3.8, 4) is 0 Å². The van der Waals surface area contributed by atoms with Gasteiger partial charge >= 0.3 is 0 Å². The minimum atomic E-state index is 0.0860. The molecule has 1 fully saturated rings. The van der Waals surface area contributed by atoms with Gasteiger partial charge in [0.25, 0.3) is 0 Å². The average molecular weight is 213 g/mol. The van der Waals surface area contributed by atoms with E-state index in [1.54, 1.807) is 0 Å². The van der Waals surface area contributed by atoms with Crippen LogP contribution in [0.15, 0.2) is 0 Å². The second kappa shape index (κ2) is 7.24. The van der Waals surface area contributed by atoms with Crippen LogP contribution >= 0.6 is 0 Å². The van der Waals surface area contributed by atoms with E-state index in [1.165, 1.54) is 38.5 Å². The average Bonchev–Trinajstić information content (AvgIpc) is 2.43. The Morgan fingerprint density at radius 2 is 1.87 bits per heavy atom. The molecule has 1 saturated heterocycles. The van der Waals surface area contributed by atoms with Crippen molar-refractivity contribution in [2.24, 2.45) is 5.73 Å². The Morgan fingerprint density at radius 3 is 2.67 bits per heavy atom. The standard InChI is InChI=1S/C13H27NO/c1-2-3-4-5-6-8-13(14)9-7-11-15-12-10-13/h2-12,14H2,1H3. The van der Waals surface area contributed by atoms with Crippen molar-refractivity contribution in [1.82, 2.24) is 0 Å². The second-order valence-electron chi connectivity index (χ2n) is 4.99. The summed E-state index contributed by atoms with van der Waals surface area (Å²) in [7, 11) is 0. The summed E-state index contributed by atoms with van der Waals surface area (Å²) >= 11 is 0. The van der Waals surface area contributed by atoms with E-state index >= 15 is 0 Å². The van der Waals surface area contributed by atoms with Crippen LogP contribution in [0.2, 0.25) is 0 Å². The minimum Gasteiger partial charge on any atom is -0.381 e. The van der Waals surface area contributed by atoms with Gasteiger partial charge in [-0.25, -0.2) is 0 Å². The van der Waals surface area contributed by atoms with Gasteiger partial charge in [-0.1, -0.05) is 39.0 Å². The van der Waals surface area contributed by atoms with Crippen LogP contribution in [-0.2, 0) is 4.74 Å². The molecule has 1 atom stereocenters. The van der Waals surface area contributed by atoms with Gasteiger partial charge in [0.05, 0.1) is 0 Å². The molecule has 0 aliphatic carbocycles. The first-order chi connectivity index (χ1) is 7.27. The fourth-order valence-electron chi connectivity index (χ4n) is 2.36. The van der Waals surface area contributed by atoms with Gasteiger partial charge in [0.2, 0.25) is 0 Å². The predicted octanol–water partition coefficient (Wildman–Crippen LogP) is 3.24. The zero-order chi connectivity index (χ0) is 11.0. The van der Waals surface area contributed by atoms with Crippen LogP contribution in [0.25, 0.3) is 0 Å².